The van der Waals surface area contributed by atoms with E-state index in [9.17, 15) is 5.11 Å². The van der Waals surface area contributed by atoms with Crippen molar-refractivity contribution in [3.05, 3.63) is 21.0 Å². The Morgan fingerprint density at radius 3 is 2.76 bits per heavy atom. The predicted octanol–water partition coefficient (Wildman–Crippen LogP) is 2.68. The molecular weight excluding hydrogens is 354 g/mol. The number of hydrogen-bond acceptors (Lipinski definition) is 4. The highest BCUT2D eigenvalue weighted by atomic mass is 79.9. The van der Waals surface area contributed by atoms with Gasteiger partial charge in [-0.3, -0.25) is 0 Å². The molecular formula is C11H17Br2NO3. The monoisotopic (exact) mass is 369 g/mol. The van der Waals surface area contributed by atoms with Crippen molar-refractivity contribution in [2.75, 3.05) is 20.3 Å². The van der Waals surface area contributed by atoms with Gasteiger partial charge in [-0.15, -0.1) is 0 Å². The van der Waals surface area contributed by atoms with Crippen LogP contribution in [0, 0.1) is 0 Å². The predicted molar refractivity (Wildman–Crippen MR) is 72.9 cm³/mol. The van der Waals surface area contributed by atoms with Crippen LogP contribution >= 0.6 is 31.9 Å². The van der Waals surface area contributed by atoms with Crippen LogP contribution < -0.4 is 5.32 Å². The summed E-state index contributed by atoms with van der Waals surface area (Å²) in [5.41, 5.74) is -0.767. The minimum atomic E-state index is -0.767. The van der Waals surface area contributed by atoms with Gasteiger partial charge in [0.2, 0.25) is 0 Å². The van der Waals surface area contributed by atoms with E-state index >= 15 is 0 Å². The molecule has 98 valence electrons. The number of furan rings is 1. The third-order valence-corrected chi connectivity index (χ3v) is 4.06. The Morgan fingerprint density at radius 2 is 2.24 bits per heavy atom. The van der Waals surface area contributed by atoms with Gasteiger partial charge in [0, 0.05) is 26.7 Å². The molecule has 0 aliphatic carbocycles. The largest absolute Gasteiger partial charge is 0.452 e. The fraction of sp³-hybridized carbons (Fsp3) is 0.636. The molecule has 0 saturated heterocycles. The minimum Gasteiger partial charge on any atom is -0.452 e. The zero-order chi connectivity index (χ0) is 12.9. The topological polar surface area (TPSA) is 54.6 Å². The summed E-state index contributed by atoms with van der Waals surface area (Å²) in [4.78, 5) is 0. The Balaban J connectivity index is 2.31. The highest BCUT2D eigenvalue weighted by Crippen LogP contribution is 2.26. The summed E-state index contributed by atoms with van der Waals surface area (Å²) in [5.74, 6) is 0.811. The van der Waals surface area contributed by atoms with Crippen molar-refractivity contribution < 1.29 is 14.3 Å². The van der Waals surface area contributed by atoms with Crippen molar-refractivity contribution in [3.63, 3.8) is 0 Å². The van der Waals surface area contributed by atoms with Crippen LogP contribution in [-0.4, -0.2) is 31.0 Å². The van der Waals surface area contributed by atoms with Crippen molar-refractivity contribution in [1.82, 2.24) is 5.32 Å². The lowest BCUT2D eigenvalue weighted by Crippen LogP contribution is -2.38. The van der Waals surface area contributed by atoms with Crippen LogP contribution in [0.2, 0.25) is 0 Å². The normalized spacial score (nSPS) is 14.9. The van der Waals surface area contributed by atoms with E-state index in [1.54, 1.807) is 14.0 Å². The average Bonchev–Trinajstić information content (AvgIpc) is 2.55. The van der Waals surface area contributed by atoms with Crippen LogP contribution in [0.5, 0.6) is 0 Å². The van der Waals surface area contributed by atoms with Gasteiger partial charge in [-0.05, 0) is 44.8 Å². The highest BCUT2D eigenvalue weighted by molar-refractivity contribution is 9.13. The number of aliphatic hydroxyl groups is 1. The molecule has 1 rings (SSSR count). The summed E-state index contributed by atoms with van der Waals surface area (Å²) in [5, 5.41) is 13.1. The quantitative estimate of drug-likeness (QED) is 0.774. The number of ether oxygens (including phenoxy) is 1. The Hall–Kier alpha value is 0.120. The maximum Gasteiger partial charge on any atom is 0.183 e. The van der Waals surface area contributed by atoms with Gasteiger partial charge in [0.15, 0.2) is 4.67 Å². The number of nitrogens with one attached hydrogen (secondary N) is 1. The van der Waals surface area contributed by atoms with Crippen LogP contribution in [0.1, 0.15) is 19.1 Å². The van der Waals surface area contributed by atoms with Gasteiger partial charge in [0.25, 0.3) is 0 Å². The van der Waals surface area contributed by atoms with E-state index in [2.05, 4.69) is 37.2 Å². The number of methoxy groups -OCH3 is 1. The molecule has 1 atom stereocenters. The van der Waals surface area contributed by atoms with Gasteiger partial charge in [-0.2, -0.15) is 0 Å². The fourth-order valence-corrected chi connectivity index (χ4v) is 2.00. The maximum absolute atomic E-state index is 9.99. The maximum atomic E-state index is 9.99. The van der Waals surface area contributed by atoms with Gasteiger partial charge >= 0.3 is 0 Å². The first-order valence-corrected chi connectivity index (χ1v) is 6.89. The molecule has 0 spiro atoms. The van der Waals surface area contributed by atoms with Crippen molar-refractivity contribution in [2.24, 2.45) is 0 Å². The highest BCUT2D eigenvalue weighted by Gasteiger charge is 2.19. The van der Waals surface area contributed by atoms with Crippen molar-refractivity contribution in [1.29, 1.82) is 0 Å². The molecule has 0 radical (unpaired) electrons. The molecule has 0 amide bonds. The summed E-state index contributed by atoms with van der Waals surface area (Å²) in [6.07, 6.45) is 0.599. The van der Waals surface area contributed by atoms with E-state index in [1.165, 1.54) is 0 Å². The zero-order valence-electron chi connectivity index (χ0n) is 9.93. The third kappa shape index (κ3) is 5.52. The number of rotatable bonds is 7. The van der Waals surface area contributed by atoms with Gasteiger partial charge < -0.3 is 19.6 Å². The van der Waals surface area contributed by atoms with Gasteiger partial charge in [0.05, 0.1) is 16.6 Å². The number of hydrogen-bond donors (Lipinski definition) is 2. The standard InChI is InChI=1S/C11H17Br2NO3/c1-11(15,3-4-16-2)7-14-6-8-5-9(12)10(13)17-8/h5,14-15H,3-4,6-7H2,1-2H3. The summed E-state index contributed by atoms with van der Waals surface area (Å²) in [6.45, 7) is 3.40. The second kappa shape index (κ2) is 6.89. The minimum absolute atomic E-state index is 0.492. The van der Waals surface area contributed by atoms with Crippen LogP contribution in [0.4, 0.5) is 0 Å². The molecule has 0 aliphatic rings. The first kappa shape index (κ1) is 15.2. The van der Waals surface area contributed by atoms with E-state index < -0.39 is 5.60 Å². The summed E-state index contributed by atoms with van der Waals surface area (Å²) in [6, 6.07) is 1.89. The Bertz CT molecular complexity index is 333. The molecule has 0 bridgehead atoms. The van der Waals surface area contributed by atoms with Crippen LogP contribution in [-0.2, 0) is 11.3 Å². The second-order valence-corrected chi connectivity index (χ2v) is 5.75. The molecule has 17 heavy (non-hydrogen) atoms. The second-order valence-electron chi connectivity index (χ2n) is 4.18. The first-order chi connectivity index (χ1) is 7.94. The van der Waals surface area contributed by atoms with Gasteiger partial charge in [-0.25, -0.2) is 0 Å². The van der Waals surface area contributed by atoms with Gasteiger partial charge in [-0.1, -0.05) is 0 Å². The van der Waals surface area contributed by atoms with Crippen LogP contribution in [0.25, 0.3) is 0 Å². The molecule has 0 fully saturated rings. The molecule has 0 aliphatic heterocycles. The van der Waals surface area contributed by atoms with E-state index in [0.29, 0.717) is 30.8 Å². The first-order valence-electron chi connectivity index (χ1n) is 5.30. The number of halogens is 2. The van der Waals surface area contributed by atoms with Crippen molar-refractivity contribution in [3.8, 4) is 0 Å². The lowest BCUT2D eigenvalue weighted by atomic mass is 10.0. The molecule has 0 saturated carbocycles. The molecule has 2 N–H and O–H groups in total. The molecule has 1 aromatic rings. The molecule has 0 aromatic carbocycles. The average molecular weight is 371 g/mol. The molecule has 6 heteroatoms. The lowest BCUT2D eigenvalue weighted by molar-refractivity contribution is 0.0244. The summed E-state index contributed by atoms with van der Waals surface area (Å²) >= 11 is 6.62. The Kier molecular flexibility index (Phi) is 6.16. The molecule has 1 unspecified atom stereocenters. The fourth-order valence-electron chi connectivity index (χ4n) is 1.34. The van der Waals surface area contributed by atoms with E-state index in [1.807, 2.05) is 6.07 Å². The lowest BCUT2D eigenvalue weighted by Gasteiger charge is -2.22. The smallest absolute Gasteiger partial charge is 0.183 e. The molecule has 1 heterocycles. The van der Waals surface area contributed by atoms with Gasteiger partial charge in [0.1, 0.15) is 5.76 Å². The zero-order valence-corrected chi connectivity index (χ0v) is 13.1. The van der Waals surface area contributed by atoms with Crippen molar-refractivity contribution in [2.45, 2.75) is 25.5 Å². The Labute approximate surface area is 118 Å². The molecule has 1 aromatic heterocycles. The Morgan fingerprint density at radius 1 is 1.53 bits per heavy atom. The van der Waals surface area contributed by atoms with E-state index in [-0.39, 0.29) is 0 Å². The third-order valence-electron chi connectivity index (χ3n) is 2.35. The summed E-state index contributed by atoms with van der Waals surface area (Å²) < 4.78 is 11.9. The van der Waals surface area contributed by atoms with Crippen LogP contribution in [0.3, 0.4) is 0 Å². The van der Waals surface area contributed by atoms with E-state index in [4.69, 9.17) is 9.15 Å². The van der Waals surface area contributed by atoms with E-state index in [0.717, 1.165) is 10.2 Å². The summed E-state index contributed by atoms with van der Waals surface area (Å²) in [7, 11) is 1.63. The molecule has 4 nitrogen and oxygen atoms in total. The van der Waals surface area contributed by atoms with Crippen molar-refractivity contribution >= 4 is 31.9 Å². The van der Waals surface area contributed by atoms with Crippen LogP contribution in [0.15, 0.2) is 19.6 Å². The SMILES string of the molecule is COCCC(C)(O)CNCc1cc(Br)c(Br)o1.